The molecule has 0 aliphatic carbocycles. The largest absolute Gasteiger partial charge is 0.489 e. The molecule has 0 saturated carbocycles. The van der Waals surface area contributed by atoms with Gasteiger partial charge in [0.1, 0.15) is 18.2 Å². The third-order valence-corrected chi connectivity index (χ3v) is 6.00. The predicted octanol–water partition coefficient (Wildman–Crippen LogP) is 4.88. The van der Waals surface area contributed by atoms with Gasteiger partial charge in [-0.1, -0.05) is 23.7 Å². The van der Waals surface area contributed by atoms with Gasteiger partial charge in [-0.05, 0) is 66.2 Å². The first-order valence-corrected chi connectivity index (χ1v) is 9.90. The molecular weight excluding hydrogens is 389 g/mol. The molecule has 0 fully saturated rings. The maximum absolute atomic E-state index is 13.0. The molecule has 0 heterocycles. The molecule has 0 spiro atoms. The van der Waals surface area contributed by atoms with E-state index in [1.165, 1.54) is 19.2 Å². The molecule has 0 saturated heterocycles. The number of nitrogens with zero attached hydrogens (tertiary/aromatic N) is 1. The maximum Gasteiger partial charge on any atom is 0.264 e. The SMILES string of the molecule is CN(c1ccc(OCc2cccc(Cl)c2)cc1)S(=O)(=O)c1ccc(F)cc1. The minimum atomic E-state index is -3.77. The van der Waals surface area contributed by atoms with Crippen LogP contribution in [0.2, 0.25) is 5.02 Å². The molecule has 3 aromatic rings. The molecule has 27 heavy (non-hydrogen) atoms. The summed E-state index contributed by atoms with van der Waals surface area (Å²) in [7, 11) is -2.33. The van der Waals surface area contributed by atoms with E-state index in [0.29, 0.717) is 23.1 Å². The highest BCUT2D eigenvalue weighted by Gasteiger charge is 2.21. The zero-order valence-corrected chi connectivity index (χ0v) is 16.0. The Balaban J connectivity index is 1.71. The van der Waals surface area contributed by atoms with Gasteiger partial charge in [-0.2, -0.15) is 0 Å². The average Bonchev–Trinajstić information content (AvgIpc) is 2.66. The molecule has 7 heteroatoms. The minimum absolute atomic E-state index is 0.0210. The van der Waals surface area contributed by atoms with Crippen LogP contribution in [-0.4, -0.2) is 15.5 Å². The molecule has 3 aromatic carbocycles. The molecule has 0 N–H and O–H groups in total. The molecule has 0 radical (unpaired) electrons. The van der Waals surface area contributed by atoms with Crippen molar-refractivity contribution in [2.24, 2.45) is 0 Å². The van der Waals surface area contributed by atoms with Crippen LogP contribution < -0.4 is 9.04 Å². The summed E-state index contributed by atoms with van der Waals surface area (Å²) in [6.07, 6.45) is 0. The van der Waals surface area contributed by atoms with Crippen LogP contribution in [0.1, 0.15) is 5.56 Å². The van der Waals surface area contributed by atoms with E-state index in [0.717, 1.165) is 22.0 Å². The first kappa shape index (κ1) is 19.2. The lowest BCUT2D eigenvalue weighted by Crippen LogP contribution is -2.26. The van der Waals surface area contributed by atoms with E-state index < -0.39 is 15.8 Å². The second kappa shape index (κ2) is 7.98. The van der Waals surface area contributed by atoms with E-state index >= 15 is 0 Å². The van der Waals surface area contributed by atoms with E-state index in [1.54, 1.807) is 30.3 Å². The van der Waals surface area contributed by atoms with Crippen molar-refractivity contribution in [1.82, 2.24) is 0 Å². The summed E-state index contributed by atoms with van der Waals surface area (Å²) in [6, 6.07) is 18.8. The van der Waals surface area contributed by atoms with Gasteiger partial charge < -0.3 is 4.74 Å². The van der Waals surface area contributed by atoms with E-state index in [1.807, 2.05) is 18.2 Å². The molecule has 0 aliphatic rings. The molecule has 0 aromatic heterocycles. The minimum Gasteiger partial charge on any atom is -0.489 e. The summed E-state index contributed by atoms with van der Waals surface area (Å²) < 4.78 is 45.1. The van der Waals surface area contributed by atoms with Gasteiger partial charge in [0.2, 0.25) is 0 Å². The lowest BCUT2D eigenvalue weighted by atomic mass is 10.2. The second-order valence-corrected chi connectivity index (χ2v) is 8.24. The number of rotatable bonds is 6. The lowest BCUT2D eigenvalue weighted by molar-refractivity contribution is 0.306. The Bertz CT molecular complexity index is 1020. The van der Waals surface area contributed by atoms with Crippen LogP contribution in [-0.2, 0) is 16.6 Å². The van der Waals surface area contributed by atoms with Crippen LogP contribution in [0.25, 0.3) is 0 Å². The third-order valence-electron chi connectivity index (χ3n) is 3.97. The highest BCUT2D eigenvalue weighted by Crippen LogP contribution is 2.25. The van der Waals surface area contributed by atoms with Crippen LogP contribution >= 0.6 is 11.6 Å². The first-order chi connectivity index (χ1) is 12.9. The number of hydrogen-bond acceptors (Lipinski definition) is 3. The average molecular weight is 406 g/mol. The van der Waals surface area contributed by atoms with Crippen LogP contribution in [0.15, 0.2) is 77.7 Å². The maximum atomic E-state index is 13.0. The summed E-state index contributed by atoms with van der Waals surface area (Å²) in [5.74, 6) is 0.115. The number of ether oxygens (including phenoxy) is 1. The molecule has 0 amide bonds. The van der Waals surface area contributed by atoms with Gasteiger partial charge in [-0.25, -0.2) is 12.8 Å². The molecular formula is C20H17ClFNO3S. The Morgan fingerprint density at radius 1 is 1.00 bits per heavy atom. The molecule has 0 unspecified atom stereocenters. The third kappa shape index (κ3) is 4.59. The summed E-state index contributed by atoms with van der Waals surface area (Å²) >= 11 is 5.95. The summed E-state index contributed by atoms with van der Waals surface area (Å²) in [6.45, 7) is 0.351. The van der Waals surface area contributed by atoms with Crippen LogP contribution in [0.3, 0.4) is 0 Å². The van der Waals surface area contributed by atoms with E-state index in [2.05, 4.69) is 0 Å². The Hall–Kier alpha value is -2.57. The topological polar surface area (TPSA) is 46.6 Å². The molecule has 0 bridgehead atoms. The van der Waals surface area contributed by atoms with Crippen molar-refractivity contribution in [1.29, 1.82) is 0 Å². The van der Waals surface area contributed by atoms with Crippen molar-refractivity contribution in [3.63, 3.8) is 0 Å². The van der Waals surface area contributed by atoms with Gasteiger partial charge in [0.15, 0.2) is 0 Å². The summed E-state index contributed by atoms with van der Waals surface area (Å²) in [4.78, 5) is 0.0210. The zero-order chi connectivity index (χ0) is 19.4. The predicted molar refractivity (Wildman–Crippen MR) is 104 cm³/mol. The Labute approximate surface area is 162 Å². The van der Waals surface area contributed by atoms with Crippen molar-refractivity contribution in [2.45, 2.75) is 11.5 Å². The molecule has 4 nitrogen and oxygen atoms in total. The van der Waals surface area contributed by atoms with Crippen molar-refractivity contribution in [2.75, 3.05) is 11.4 Å². The number of halogens is 2. The molecule has 0 atom stereocenters. The van der Waals surface area contributed by atoms with Crippen LogP contribution in [0, 0.1) is 5.82 Å². The van der Waals surface area contributed by atoms with Gasteiger partial charge in [-0.3, -0.25) is 4.31 Å². The summed E-state index contributed by atoms with van der Waals surface area (Å²) in [5.41, 5.74) is 1.40. The monoisotopic (exact) mass is 405 g/mol. The first-order valence-electron chi connectivity index (χ1n) is 8.08. The van der Waals surface area contributed by atoms with Crippen LogP contribution in [0.4, 0.5) is 10.1 Å². The Morgan fingerprint density at radius 2 is 1.67 bits per heavy atom. The number of anilines is 1. The van der Waals surface area contributed by atoms with Gasteiger partial charge in [0.05, 0.1) is 10.6 Å². The van der Waals surface area contributed by atoms with Crippen LogP contribution in [0.5, 0.6) is 5.75 Å². The van der Waals surface area contributed by atoms with Crippen molar-refractivity contribution >= 4 is 27.3 Å². The molecule has 0 aliphatic heterocycles. The van der Waals surface area contributed by atoms with Crippen molar-refractivity contribution < 1.29 is 17.5 Å². The quantitative estimate of drug-likeness (QED) is 0.587. The lowest BCUT2D eigenvalue weighted by Gasteiger charge is -2.20. The smallest absolute Gasteiger partial charge is 0.264 e. The Morgan fingerprint density at radius 3 is 2.30 bits per heavy atom. The van der Waals surface area contributed by atoms with Gasteiger partial charge in [-0.15, -0.1) is 0 Å². The highest BCUT2D eigenvalue weighted by molar-refractivity contribution is 7.92. The number of benzene rings is 3. The van der Waals surface area contributed by atoms with E-state index in [9.17, 15) is 12.8 Å². The van der Waals surface area contributed by atoms with Gasteiger partial charge in [0, 0.05) is 12.1 Å². The fourth-order valence-corrected chi connectivity index (χ4v) is 3.86. The van der Waals surface area contributed by atoms with Gasteiger partial charge >= 0.3 is 0 Å². The highest BCUT2D eigenvalue weighted by atomic mass is 35.5. The summed E-state index contributed by atoms with van der Waals surface area (Å²) in [5, 5.41) is 0.638. The van der Waals surface area contributed by atoms with Crippen molar-refractivity contribution in [3.05, 3.63) is 89.2 Å². The second-order valence-electron chi connectivity index (χ2n) is 5.84. The van der Waals surface area contributed by atoms with E-state index in [4.69, 9.17) is 16.3 Å². The number of hydrogen-bond donors (Lipinski definition) is 0. The normalized spacial score (nSPS) is 11.2. The fraction of sp³-hybridized carbons (Fsp3) is 0.100. The van der Waals surface area contributed by atoms with E-state index in [-0.39, 0.29) is 4.90 Å². The molecule has 140 valence electrons. The standard InChI is InChI=1S/C20H17ClFNO3S/c1-23(27(24,25)20-11-5-17(22)6-12-20)18-7-9-19(10-8-18)26-14-15-3-2-4-16(21)13-15/h2-13H,14H2,1H3. The Kier molecular flexibility index (Phi) is 5.68. The van der Waals surface area contributed by atoms with Crippen molar-refractivity contribution in [3.8, 4) is 5.75 Å². The fourth-order valence-electron chi connectivity index (χ4n) is 2.45. The molecule has 3 rings (SSSR count). The number of sulfonamides is 1. The van der Waals surface area contributed by atoms with Gasteiger partial charge in [0.25, 0.3) is 10.0 Å². The zero-order valence-electron chi connectivity index (χ0n) is 14.5.